The van der Waals surface area contributed by atoms with Gasteiger partial charge in [-0.2, -0.15) is 0 Å². The Kier molecular flexibility index (Phi) is 2.41. The molecule has 0 radical (unpaired) electrons. The van der Waals surface area contributed by atoms with Crippen LogP contribution in [-0.4, -0.2) is 35.0 Å². The number of carbonyl (C=O) groups is 2. The summed E-state index contributed by atoms with van der Waals surface area (Å²) in [5, 5.41) is 12.5. The molecule has 2 atom stereocenters. The number of ketones is 1. The van der Waals surface area contributed by atoms with Crippen LogP contribution in [-0.2, 0) is 4.79 Å². The van der Waals surface area contributed by atoms with Crippen molar-refractivity contribution >= 4 is 23.1 Å². The van der Waals surface area contributed by atoms with E-state index in [4.69, 9.17) is 0 Å². The Bertz CT molecular complexity index is 599. The zero-order valence-electron chi connectivity index (χ0n) is 11.0. The van der Waals surface area contributed by atoms with E-state index in [1.165, 1.54) is 0 Å². The third-order valence-corrected chi connectivity index (χ3v) is 4.71. The van der Waals surface area contributed by atoms with Crippen LogP contribution in [0.5, 0.6) is 0 Å². The quantitative estimate of drug-likeness (QED) is 0.756. The monoisotopic (exact) mass is 272 g/mol. The Morgan fingerprint density at radius 2 is 1.85 bits per heavy atom. The van der Waals surface area contributed by atoms with Crippen LogP contribution in [0, 0.1) is 0 Å². The molecule has 5 heteroatoms. The zero-order valence-corrected chi connectivity index (χ0v) is 11.0. The molecule has 0 spiro atoms. The SMILES string of the molecule is O=C1Nc2cc(N3C4CCC3CC(O)C4)ccc2C1=O. The largest absolute Gasteiger partial charge is 0.393 e. The van der Waals surface area contributed by atoms with Crippen molar-refractivity contribution in [1.82, 2.24) is 0 Å². The molecule has 3 aliphatic rings. The molecule has 104 valence electrons. The number of aliphatic hydroxyl groups excluding tert-OH is 1. The third kappa shape index (κ3) is 1.59. The summed E-state index contributed by atoms with van der Waals surface area (Å²) in [7, 11) is 0. The van der Waals surface area contributed by atoms with E-state index in [0.29, 0.717) is 23.3 Å². The first kappa shape index (κ1) is 11.9. The number of rotatable bonds is 1. The van der Waals surface area contributed by atoms with Gasteiger partial charge in [0.05, 0.1) is 17.4 Å². The Labute approximate surface area is 116 Å². The first-order chi connectivity index (χ1) is 9.63. The predicted molar refractivity (Wildman–Crippen MR) is 73.9 cm³/mol. The normalized spacial score (nSPS) is 31.4. The fourth-order valence-corrected chi connectivity index (χ4v) is 3.87. The number of aliphatic hydroxyl groups is 1. The van der Waals surface area contributed by atoms with Crippen molar-refractivity contribution in [2.45, 2.75) is 43.9 Å². The van der Waals surface area contributed by atoms with Gasteiger partial charge in [0, 0.05) is 17.8 Å². The van der Waals surface area contributed by atoms with Crippen molar-refractivity contribution in [3.63, 3.8) is 0 Å². The van der Waals surface area contributed by atoms with Crippen LogP contribution in [0.2, 0.25) is 0 Å². The smallest absolute Gasteiger partial charge is 0.296 e. The molecule has 5 nitrogen and oxygen atoms in total. The number of fused-ring (bicyclic) bond motifs is 3. The highest BCUT2D eigenvalue weighted by atomic mass is 16.3. The van der Waals surface area contributed by atoms with Gasteiger partial charge in [0.15, 0.2) is 0 Å². The number of nitrogens with zero attached hydrogens (tertiary/aromatic N) is 1. The van der Waals surface area contributed by atoms with Gasteiger partial charge in [-0.05, 0) is 43.9 Å². The van der Waals surface area contributed by atoms with Crippen molar-refractivity contribution in [2.24, 2.45) is 0 Å². The number of amides is 1. The van der Waals surface area contributed by atoms with Crippen molar-refractivity contribution in [2.75, 3.05) is 10.2 Å². The molecule has 20 heavy (non-hydrogen) atoms. The molecule has 1 aromatic carbocycles. The lowest BCUT2D eigenvalue weighted by molar-refractivity contribution is -0.112. The predicted octanol–water partition coefficient (Wildman–Crippen LogP) is 1.31. The van der Waals surface area contributed by atoms with Gasteiger partial charge >= 0.3 is 0 Å². The molecular formula is C15H16N2O3. The fraction of sp³-hybridized carbons (Fsp3) is 0.467. The van der Waals surface area contributed by atoms with Gasteiger partial charge in [-0.3, -0.25) is 9.59 Å². The maximum Gasteiger partial charge on any atom is 0.296 e. The van der Waals surface area contributed by atoms with E-state index < -0.39 is 11.7 Å². The molecule has 2 unspecified atom stereocenters. The van der Waals surface area contributed by atoms with E-state index in [1.807, 2.05) is 12.1 Å². The highest BCUT2D eigenvalue weighted by Crippen LogP contribution is 2.41. The minimum atomic E-state index is -0.547. The molecule has 0 aromatic heterocycles. The van der Waals surface area contributed by atoms with Crippen LogP contribution in [0.1, 0.15) is 36.0 Å². The summed E-state index contributed by atoms with van der Waals surface area (Å²) in [4.78, 5) is 25.4. The Morgan fingerprint density at radius 1 is 1.15 bits per heavy atom. The Balaban J connectivity index is 1.70. The maximum atomic E-state index is 11.6. The van der Waals surface area contributed by atoms with E-state index in [1.54, 1.807) is 6.07 Å². The van der Waals surface area contributed by atoms with Crippen LogP contribution in [0.15, 0.2) is 18.2 Å². The molecule has 1 amide bonds. The molecule has 2 bridgehead atoms. The lowest BCUT2D eigenvalue weighted by Crippen LogP contribution is -2.44. The topological polar surface area (TPSA) is 69.6 Å². The van der Waals surface area contributed by atoms with E-state index in [9.17, 15) is 14.7 Å². The number of piperidine rings is 1. The first-order valence-corrected chi connectivity index (χ1v) is 7.09. The lowest BCUT2D eigenvalue weighted by atomic mass is 9.98. The summed E-state index contributed by atoms with van der Waals surface area (Å²) in [6.45, 7) is 0. The lowest BCUT2D eigenvalue weighted by Gasteiger charge is -2.39. The van der Waals surface area contributed by atoms with Gasteiger partial charge in [-0.25, -0.2) is 0 Å². The van der Waals surface area contributed by atoms with Crippen molar-refractivity contribution < 1.29 is 14.7 Å². The summed E-state index contributed by atoms with van der Waals surface area (Å²) < 4.78 is 0. The van der Waals surface area contributed by atoms with E-state index >= 15 is 0 Å². The van der Waals surface area contributed by atoms with Crippen LogP contribution < -0.4 is 10.2 Å². The number of carbonyl (C=O) groups excluding carboxylic acids is 2. The highest BCUT2D eigenvalue weighted by Gasteiger charge is 2.40. The maximum absolute atomic E-state index is 11.6. The zero-order chi connectivity index (χ0) is 13.9. The standard InChI is InChI=1S/C15H16N2O3/c18-11-5-8-1-2-9(6-11)17(8)10-3-4-12-13(7-10)16-15(20)14(12)19/h3-4,7-9,11,18H,1-2,5-6H2,(H,16,19,20). The van der Waals surface area contributed by atoms with Gasteiger partial charge < -0.3 is 15.3 Å². The molecule has 2 fully saturated rings. The van der Waals surface area contributed by atoms with E-state index in [-0.39, 0.29) is 6.10 Å². The van der Waals surface area contributed by atoms with Gasteiger partial charge in [0.2, 0.25) is 0 Å². The summed E-state index contributed by atoms with van der Waals surface area (Å²) in [5.74, 6) is -1.00. The van der Waals surface area contributed by atoms with Crippen molar-refractivity contribution in [1.29, 1.82) is 0 Å². The van der Waals surface area contributed by atoms with Gasteiger partial charge in [-0.1, -0.05) is 0 Å². The molecule has 1 aromatic rings. The average molecular weight is 272 g/mol. The number of nitrogens with one attached hydrogen (secondary N) is 1. The summed E-state index contributed by atoms with van der Waals surface area (Å²) >= 11 is 0. The van der Waals surface area contributed by atoms with Crippen LogP contribution >= 0.6 is 0 Å². The van der Waals surface area contributed by atoms with Gasteiger partial charge in [-0.15, -0.1) is 0 Å². The molecule has 3 heterocycles. The molecule has 0 aliphatic carbocycles. The molecule has 3 aliphatic heterocycles. The summed E-state index contributed by atoms with van der Waals surface area (Å²) in [6.07, 6.45) is 3.62. The van der Waals surface area contributed by atoms with Crippen molar-refractivity contribution in [3.05, 3.63) is 23.8 Å². The van der Waals surface area contributed by atoms with Crippen LogP contribution in [0.4, 0.5) is 11.4 Å². The van der Waals surface area contributed by atoms with Gasteiger partial charge in [0.1, 0.15) is 0 Å². The fourth-order valence-electron chi connectivity index (χ4n) is 3.87. The number of Topliss-reactive ketones (excluding diaryl/α,β-unsaturated/α-hetero) is 1. The Hall–Kier alpha value is -1.88. The molecule has 0 saturated carbocycles. The second-order valence-corrected chi connectivity index (χ2v) is 5.93. The average Bonchev–Trinajstić information content (AvgIpc) is 2.85. The number of hydrogen-bond donors (Lipinski definition) is 2. The number of benzene rings is 1. The first-order valence-electron chi connectivity index (χ1n) is 7.09. The number of hydrogen-bond acceptors (Lipinski definition) is 4. The Morgan fingerprint density at radius 3 is 2.55 bits per heavy atom. The second kappa shape index (κ2) is 4.06. The van der Waals surface area contributed by atoms with Gasteiger partial charge in [0.25, 0.3) is 11.7 Å². The van der Waals surface area contributed by atoms with Crippen LogP contribution in [0.25, 0.3) is 0 Å². The molecular weight excluding hydrogens is 256 g/mol. The minimum absolute atomic E-state index is 0.195. The van der Waals surface area contributed by atoms with Crippen molar-refractivity contribution in [3.8, 4) is 0 Å². The molecule has 4 rings (SSSR count). The summed E-state index contributed by atoms with van der Waals surface area (Å²) in [6, 6.07) is 6.28. The molecule has 2 N–H and O–H groups in total. The van der Waals surface area contributed by atoms with Crippen LogP contribution in [0.3, 0.4) is 0 Å². The minimum Gasteiger partial charge on any atom is -0.393 e. The second-order valence-electron chi connectivity index (χ2n) is 5.93. The summed E-state index contributed by atoms with van der Waals surface area (Å²) in [5.41, 5.74) is 2.12. The number of anilines is 2. The third-order valence-electron chi connectivity index (χ3n) is 4.71. The highest BCUT2D eigenvalue weighted by molar-refractivity contribution is 6.51. The molecule has 2 saturated heterocycles. The van der Waals surface area contributed by atoms with E-state index in [0.717, 1.165) is 31.4 Å². The van der Waals surface area contributed by atoms with E-state index in [2.05, 4.69) is 10.2 Å².